The summed E-state index contributed by atoms with van der Waals surface area (Å²) in [7, 11) is 4.85. The Morgan fingerprint density at radius 1 is 1.03 bits per heavy atom. The van der Waals surface area contributed by atoms with Crippen molar-refractivity contribution < 1.29 is 22.2 Å². The highest BCUT2D eigenvalue weighted by atomic mass is 32.2. The van der Waals surface area contributed by atoms with Gasteiger partial charge >= 0.3 is 0 Å². The molecule has 0 saturated heterocycles. The molecule has 0 radical (unpaired) electrons. The van der Waals surface area contributed by atoms with Crippen LogP contribution in [-0.4, -0.2) is 40.7 Å². The van der Waals surface area contributed by atoms with Gasteiger partial charge in [-0.25, -0.2) is 13.7 Å². The van der Waals surface area contributed by atoms with Gasteiger partial charge in [0.2, 0.25) is 0 Å². The van der Waals surface area contributed by atoms with E-state index in [1.165, 1.54) is 35.4 Å². The fourth-order valence-electron chi connectivity index (χ4n) is 2.73. The van der Waals surface area contributed by atoms with Gasteiger partial charge in [0.1, 0.15) is 17.2 Å². The van der Waals surface area contributed by atoms with Gasteiger partial charge in [-0.1, -0.05) is 24.3 Å². The summed E-state index contributed by atoms with van der Waals surface area (Å²) in [5.74, 6) is -0.452. The van der Waals surface area contributed by atoms with Crippen LogP contribution in [0.3, 0.4) is 0 Å². The fourth-order valence-corrected chi connectivity index (χ4v) is 4.21. The smallest absolute Gasteiger partial charge is 0.263 e. The molecule has 1 atom stereocenters. The van der Waals surface area contributed by atoms with Crippen LogP contribution < -0.4 is 5.06 Å². The first-order valence-corrected chi connectivity index (χ1v) is 10.3. The fraction of sp³-hybridized carbons (Fsp3) is 0.150. The highest BCUT2D eigenvalue weighted by Crippen LogP contribution is 2.40. The number of carbonyl (C=O) groups is 1. The maximum atomic E-state index is 13.4. The monoisotopic (exact) mass is 433 g/mol. The van der Waals surface area contributed by atoms with Crippen molar-refractivity contribution in [2.24, 2.45) is 0 Å². The minimum Gasteiger partial charge on any atom is -0.748 e. The zero-order valence-electron chi connectivity index (χ0n) is 15.9. The van der Waals surface area contributed by atoms with Crippen LogP contribution in [0.15, 0.2) is 54.6 Å². The average Bonchev–Trinajstić information content (AvgIpc) is 3.12. The van der Waals surface area contributed by atoms with E-state index >= 15 is 0 Å². The molecule has 2 aromatic carbocycles. The van der Waals surface area contributed by atoms with E-state index in [1.54, 1.807) is 38.4 Å². The average molecular weight is 434 g/mol. The van der Waals surface area contributed by atoms with E-state index in [2.05, 4.69) is 4.28 Å². The number of amides is 1. The van der Waals surface area contributed by atoms with E-state index in [4.69, 9.17) is 0 Å². The first-order valence-electron chi connectivity index (χ1n) is 8.49. The van der Waals surface area contributed by atoms with E-state index in [0.29, 0.717) is 10.6 Å². The molecule has 0 aliphatic carbocycles. The van der Waals surface area contributed by atoms with E-state index in [1.807, 2.05) is 18.2 Å². The number of rotatable bonds is 6. The van der Waals surface area contributed by atoms with Gasteiger partial charge in [-0.2, -0.15) is 4.28 Å². The number of nitrogens with zero attached hydrogens (tertiary/aromatic N) is 2. The highest BCUT2D eigenvalue weighted by Gasteiger charge is 2.18. The lowest BCUT2D eigenvalue weighted by Gasteiger charge is -2.19. The standard InChI is InChI=1S/C20H19FN2O4S2/c1-22(2)20(24)18-12-17(19(28-18)14-4-8-15(21)9-5-14)13-6-10-16(11-7-13)23(3)27-29(25)26/h4-12H,1-3H3,(H,25,26)/p-1. The van der Waals surface area contributed by atoms with Gasteiger partial charge in [-0.05, 0) is 41.5 Å². The van der Waals surface area contributed by atoms with Crippen LogP contribution in [0.1, 0.15) is 9.67 Å². The zero-order chi connectivity index (χ0) is 21.1. The number of anilines is 1. The number of hydrogen-bond donors (Lipinski definition) is 0. The third-order valence-corrected chi connectivity index (χ3v) is 5.69. The molecule has 0 saturated carbocycles. The summed E-state index contributed by atoms with van der Waals surface area (Å²) in [5, 5.41) is 1.13. The molecular weight excluding hydrogens is 415 g/mol. The summed E-state index contributed by atoms with van der Waals surface area (Å²) in [4.78, 5) is 15.4. The van der Waals surface area contributed by atoms with E-state index in [-0.39, 0.29) is 11.7 Å². The van der Waals surface area contributed by atoms with Crippen molar-refractivity contribution in [1.29, 1.82) is 0 Å². The lowest BCUT2D eigenvalue weighted by molar-refractivity contribution is 0.0832. The van der Waals surface area contributed by atoms with Gasteiger partial charge < -0.3 is 9.45 Å². The summed E-state index contributed by atoms with van der Waals surface area (Å²) in [6, 6.07) is 15.0. The van der Waals surface area contributed by atoms with Crippen molar-refractivity contribution in [3.63, 3.8) is 0 Å². The van der Waals surface area contributed by atoms with Crippen LogP contribution in [0.5, 0.6) is 0 Å². The number of hydrogen-bond acceptors (Lipinski definition) is 6. The van der Waals surface area contributed by atoms with Crippen molar-refractivity contribution in [3.05, 3.63) is 65.3 Å². The molecule has 1 heterocycles. The Labute approximate surface area is 174 Å². The topological polar surface area (TPSA) is 72.9 Å². The second kappa shape index (κ2) is 8.83. The Morgan fingerprint density at radius 2 is 1.62 bits per heavy atom. The number of hydroxylamine groups is 1. The Kier molecular flexibility index (Phi) is 6.43. The van der Waals surface area contributed by atoms with Gasteiger partial charge in [-0.3, -0.25) is 4.79 Å². The molecule has 0 bridgehead atoms. The van der Waals surface area contributed by atoms with Crippen LogP contribution in [0, 0.1) is 5.82 Å². The van der Waals surface area contributed by atoms with Crippen LogP contribution in [0.2, 0.25) is 0 Å². The molecule has 9 heteroatoms. The molecule has 0 aliphatic heterocycles. The molecule has 1 aromatic heterocycles. The van der Waals surface area contributed by atoms with E-state index in [0.717, 1.165) is 26.6 Å². The summed E-state index contributed by atoms with van der Waals surface area (Å²) in [5.41, 5.74) is 3.00. The predicted octanol–water partition coefficient (Wildman–Crippen LogP) is 4.08. The molecule has 1 unspecified atom stereocenters. The first-order chi connectivity index (χ1) is 13.8. The number of carbonyl (C=O) groups excluding carboxylic acids is 1. The molecule has 0 aliphatic rings. The molecule has 29 heavy (non-hydrogen) atoms. The van der Waals surface area contributed by atoms with Crippen molar-refractivity contribution in [3.8, 4) is 21.6 Å². The number of halogens is 1. The van der Waals surface area contributed by atoms with Gasteiger partial charge in [0, 0.05) is 31.6 Å². The van der Waals surface area contributed by atoms with Crippen LogP contribution >= 0.6 is 11.3 Å². The zero-order valence-corrected chi connectivity index (χ0v) is 17.6. The molecule has 0 spiro atoms. The molecular formula is C20H18FN2O4S2-. The van der Waals surface area contributed by atoms with Crippen molar-refractivity contribution in [2.45, 2.75) is 0 Å². The largest absolute Gasteiger partial charge is 0.748 e. The van der Waals surface area contributed by atoms with Gasteiger partial charge in [-0.15, -0.1) is 11.3 Å². The summed E-state index contributed by atoms with van der Waals surface area (Å²) in [6.07, 6.45) is 0. The van der Waals surface area contributed by atoms with Gasteiger partial charge in [0.25, 0.3) is 5.91 Å². The van der Waals surface area contributed by atoms with Crippen LogP contribution in [0.25, 0.3) is 21.6 Å². The second-order valence-electron chi connectivity index (χ2n) is 6.38. The molecule has 0 fully saturated rings. The predicted molar refractivity (Wildman–Crippen MR) is 112 cm³/mol. The minimum absolute atomic E-state index is 0.118. The Balaban J connectivity index is 2.04. The van der Waals surface area contributed by atoms with Crippen molar-refractivity contribution >= 4 is 34.3 Å². The Bertz CT molecular complexity index is 1030. The summed E-state index contributed by atoms with van der Waals surface area (Å²) in [6.45, 7) is 0. The molecule has 152 valence electrons. The Hall–Kier alpha value is -2.59. The number of benzene rings is 2. The molecule has 3 aromatic rings. The molecule has 6 nitrogen and oxygen atoms in total. The summed E-state index contributed by atoms with van der Waals surface area (Å²) >= 11 is -1.33. The normalized spacial score (nSPS) is 11.9. The van der Waals surface area contributed by atoms with E-state index in [9.17, 15) is 17.9 Å². The van der Waals surface area contributed by atoms with Gasteiger partial charge in [0.15, 0.2) is 0 Å². The molecule has 1 amide bonds. The quantitative estimate of drug-likeness (QED) is 0.433. The summed E-state index contributed by atoms with van der Waals surface area (Å²) < 4.78 is 39.4. The highest BCUT2D eigenvalue weighted by molar-refractivity contribution is 7.74. The second-order valence-corrected chi connectivity index (χ2v) is 7.99. The minimum atomic E-state index is -2.67. The van der Waals surface area contributed by atoms with E-state index < -0.39 is 11.4 Å². The Morgan fingerprint density at radius 3 is 2.17 bits per heavy atom. The maximum absolute atomic E-state index is 13.4. The third kappa shape index (κ3) is 4.88. The molecule has 0 N–H and O–H groups in total. The first kappa shape index (κ1) is 21.1. The SMILES string of the molecule is CN(C)C(=O)c1cc(-c2ccc(N(C)OS(=O)[O-])cc2)c(-c2ccc(F)cc2)s1. The maximum Gasteiger partial charge on any atom is 0.263 e. The lowest BCUT2D eigenvalue weighted by Crippen LogP contribution is -2.20. The van der Waals surface area contributed by atoms with Crippen molar-refractivity contribution in [1.82, 2.24) is 4.90 Å². The number of thiophene rings is 1. The molecule has 3 rings (SSSR count). The van der Waals surface area contributed by atoms with Crippen LogP contribution in [-0.2, 0) is 15.6 Å². The van der Waals surface area contributed by atoms with Gasteiger partial charge in [0.05, 0.1) is 10.6 Å². The van der Waals surface area contributed by atoms with Crippen LogP contribution in [0.4, 0.5) is 10.1 Å². The third-order valence-electron chi connectivity index (χ3n) is 4.17. The lowest BCUT2D eigenvalue weighted by atomic mass is 10.0. The van der Waals surface area contributed by atoms with Crippen molar-refractivity contribution in [2.75, 3.05) is 26.2 Å².